The molecule has 1 heterocycles. The molecule has 1 amide bonds. The lowest BCUT2D eigenvalue weighted by Crippen LogP contribution is -2.47. The highest BCUT2D eigenvalue weighted by Crippen LogP contribution is 2.20. The molecule has 0 radical (unpaired) electrons. The number of carbonyl (C=O) groups excluding carboxylic acids is 1. The third-order valence-electron chi connectivity index (χ3n) is 4.09. The molecule has 0 aromatic heterocycles. The lowest BCUT2D eigenvalue weighted by Gasteiger charge is -2.30. The van der Waals surface area contributed by atoms with Gasteiger partial charge in [0.1, 0.15) is 5.75 Å². The summed E-state index contributed by atoms with van der Waals surface area (Å²) in [6.07, 6.45) is 2.47. The molecule has 0 unspecified atom stereocenters. The van der Waals surface area contributed by atoms with Gasteiger partial charge in [0.2, 0.25) is 0 Å². The normalized spacial score (nSPS) is 18.2. The number of carbonyl (C=O) groups is 1. The minimum atomic E-state index is -0.461. The Morgan fingerprint density at radius 2 is 2.05 bits per heavy atom. The summed E-state index contributed by atoms with van der Waals surface area (Å²) in [5.41, 5.74) is 1.14. The maximum atomic E-state index is 12.2. The van der Waals surface area contributed by atoms with Gasteiger partial charge < -0.3 is 15.0 Å². The summed E-state index contributed by atoms with van der Waals surface area (Å²) in [5.74, 6) is 0.793. The van der Waals surface area contributed by atoms with Crippen LogP contribution in [0, 0.1) is 0 Å². The standard InChI is InChI=1S/C17H26N2O2/c1-4-14-7-5-6-8-16(14)21-13(2)17(20)18-15-9-11-19(3)12-10-15/h5-8,13,15H,4,9-12H2,1-3H3,(H,18,20)/t13-/m1/s1. The van der Waals surface area contributed by atoms with Gasteiger partial charge in [-0.05, 0) is 58.0 Å². The van der Waals surface area contributed by atoms with Crippen LogP contribution < -0.4 is 10.1 Å². The molecule has 2 rings (SSSR count). The van der Waals surface area contributed by atoms with Crippen molar-refractivity contribution in [2.75, 3.05) is 20.1 Å². The fourth-order valence-electron chi connectivity index (χ4n) is 2.63. The summed E-state index contributed by atoms with van der Waals surface area (Å²) in [7, 11) is 2.12. The maximum absolute atomic E-state index is 12.2. The molecule has 1 fully saturated rings. The van der Waals surface area contributed by atoms with E-state index in [-0.39, 0.29) is 11.9 Å². The van der Waals surface area contributed by atoms with Gasteiger partial charge >= 0.3 is 0 Å². The quantitative estimate of drug-likeness (QED) is 0.904. The van der Waals surface area contributed by atoms with Gasteiger partial charge in [-0.15, -0.1) is 0 Å². The third kappa shape index (κ3) is 4.46. The highest BCUT2D eigenvalue weighted by atomic mass is 16.5. The predicted molar refractivity (Wildman–Crippen MR) is 84.6 cm³/mol. The zero-order chi connectivity index (χ0) is 15.2. The van der Waals surface area contributed by atoms with Crippen molar-refractivity contribution < 1.29 is 9.53 Å². The van der Waals surface area contributed by atoms with Crippen LogP contribution in [0.15, 0.2) is 24.3 Å². The van der Waals surface area contributed by atoms with E-state index in [1.54, 1.807) is 0 Å². The number of ether oxygens (including phenoxy) is 1. The van der Waals surface area contributed by atoms with Crippen molar-refractivity contribution >= 4 is 5.91 Å². The molecule has 0 bridgehead atoms. The number of benzene rings is 1. The molecule has 4 nitrogen and oxygen atoms in total. The summed E-state index contributed by atoms with van der Waals surface area (Å²) in [6, 6.07) is 8.18. The summed E-state index contributed by atoms with van der Waals surface area (Å²) in [6.45, 7) is 5.99. The predicted octanol–water partition coefficient (Wildman–Crippen LogP) is 2.23. The average molecular weight is 290 g/mol. The first-order chi connectivity index (χ1) is 10.1. The number of likely N-dealkylation sites (tertiary alicyclic amines) is 1. The molecule has 1 atom stereocenters. The van der Waals surface area contributed by atoms with Crippen molar-refractivity contribution in [2.24, 2.45) is 0 Å². The third-order valence-corrected chi connectivity index (χ3v) is 4.09. The van der Waals surface area contributed by atoms with E-state index < -0.39 is 6.10 Å². The van der Waals surface area contributed by atoms with Crippen molar-refractivity contribution in [2.45, 2.75) is 45.3 Å². The van der Waals surface area contributed by atoms with Crippen molar-refractivity contribution in [3.63, 3.8) is 0 Å². The molecule has 0 aliphatic carbocycles. The number of nitrogens with zero attached hydrogens (tertiary/aromatic N) is 1. The largest absolute Gasteiger partial charge is 0.481 e. The van der Waals surface area contributed by atoms with E-state index in [2.05, 4.69) is 24.2 Å². The van der Waals surface area contributed by atoms with Gasteiger partial charge in [-0.1, -0.05) is 25.1 Å². The second-order valence-electron chi connectivity index (χ2n) is 5.81. The smallest absolute Gasteiger partial charge is 0.260 e. The minimum absolute atomic E-state index is 0.0181. The zero-order valence-electron chi connectivity index (χ0n) is 13.3. The van der Waals surface area contributed by atoms with Gasteiger partial charge in [0.25, 0.3) is 5.91 Å². The number of amides is 1. The summed E-state index contributed by atoms with van der Waals surface area (Å²) >= 11 is 0. The van der Waals surface area contributed by atoms with Gasteiger partial charge in [0.05, 0.1) is 0 Å². The van der Waals surface area contributed by atoms with Crippen molar-refractivity contribution in [3.05, 3.63) is 29.8 Å². The minimum Gasteiger partial charge on any atom is -0.481 e. The average Bonchev–Trinajstić information content (AvgIpc) is 2.50. The van der Waals surface area contributed by atoms with Crippen LogP contribution in [0.3, 0.4) is 0 Å². The first-order valence-corrected chi connectivity index (χ1v) is 7.83. The lowest BCUT2D eigenvalue weighted by molar-refractivity contribution is -0.128. The molecule has 0 saturated carbocycles. The Bertz CT molecular complexity index is 468. The van der Waals surface area contributed by atoms with Crippen LogP contribution in [0.4, 0.5) is 0 Å². The van der Waals surface area contributed by atoms with Crippen LogP contribution in [0.1, 0.15) is 32.3 Å². The van der Waals surface area contributed by atoms with E-state index in [1.165, 1.54) is 0 Å². The van der Waals surface area contributed by atoms with Gasteiger partial charge in [-0.3, -0.25) is 4.79 Å². The molecule has 0 spiro atoms. The summed E-state index contributed by atoms with van der Waals surface area (Å²) in [5, 5.41) is 3.11. The van der Waals surface area contributed by atoms with Crippen molar-refractivity contribution in [1.82, 2.24) is 10.2 Å². The first kappa shape index (κ1) is 15.8. The van der Waals surface area contributed by atoms with Crippen LogP contribution in [-0.2, 0) is 11.2 Å². The molecule has 1 aromatic carbocycles. The van der Waals surface area contributed by atoms with Crippen molar-refractivity contribution in [3.8, 4) is 5.75 Å². The number of aryl methyl sites for hydroxylation is 1. The van der Waals surface area contributed by atoms with E-state index in [4.69, 9.17) is 4.74 Å². The van der Waals surface area contributed by atoms with Gasteiger partial charge in [-0.2, -0.15) is 0 Å². The van der Waals surface area contributed by atoms with Crippen molar-refractivity contribution in [1.29, 1.82) is 0 Å². The maximum Gasteiger partial charge on any atom is 0.260 e. The number of rotatable bonds is 5. The monoisotopic (exact) mass is 290 g/mol. The SMILES string of the molecule is CCc1ccccc1O[C@H](C)C(=O)NC1CCN(C)CC1. The molecular formula is C17H26N2O2. The van der Waals surface area contributed by atoms with Crippen LogP contribution >= 0.6 is 0 Å². The van der Waals surface area contributed by atoms with E-state index >= 15 is 0 Å². The highest BCUT2D eigenvalue weighted by molar-refractivity contribution is 5.81. The molecule has 4 heteroatoms. The van der Waals surface area contributed by atoms with E-state index in [0.717, 1.165) is 43.7 Å². The van der Waals surface area contributed by atoms with Gasteiger partial charge in [0.15, 0.2) is 6.10 Å². The Morgan fingerprint density at radius 1 is 1.38 bits per heavy atom. The molecular weight excluding hydrogens is 264 g/mol. The summed E-state index contributed by atoms with van der Waals surface area (Å²) in [4.78, 5) is 14.5. The molecule has 21 heavy (non-hydrogen) atoms. The fraction of sp³-hybridized carbons (Fsp3) is 0.588. The van der Waals surface area contributed by atoms with Crippen LogP contribution in [-0.4, -0.2) is 43.1 Å². The Labute approximate surface area is 127 Å². The van der Waals surface area contributed by atoms with Gasteiger partial charge in [0, 0.05) is 6.04 Å². The highest BCUT2D eigenvalue weighted by Gasteiger charge is 2.22. The Morgan fingerprint density at radius 3 is 2.71 bits per heavy atom. The lowest BCUT2D eigenvalue weighted by atomic mass is 10.1. The fourth-order valence-corrected chi connectivity index (χ4v) is 2.63. The topological polar surface area (TPSA) is 41.6 Å². The zero-order valence-corrected chi connectivity index (χ0v) is 13.3. The molecule has 1 saturated heterocycles. The van der Waals surface area contributed by atoms with Crippen LogP contribution in [0.2, 0.25) is 0 Å². The van der Waals surface area contributed by atoms with Gasteiger partial charge in [-0.25, -0.2) is 0 Å². The Kier molecular flexibility index (Phi) is 5.62. The van der Waals surface area contributed by atoms with Crippen LogP contribution in [0.5, 0.6) is 5.75 Å². The number of para-hydroxylation sites is 1. The molecule has 1 aromatic rings. The molecule has 1 aliphatic rings. The number of hydrogen-bond acceptors (Lipinski definition) is 3. The molecule has 1 aliphatic heterocycles. The summed E-state index contributed by atoms with van der Waals surface area (Å²) < 4.78 is 5.84. The van der Waals surface area contributed by atoms with E-state index in [0.29, 0.717) is 0 Å². The van der Waals surface area contributed by atoms with E-state index in [9.17, 15) is 4.79 Å². The Hall–Kier alpha value is -1.55. The molecule has 1 N–H and O–H groups in total. The van der Waals surface area contributed by atoms with Crippen LogP contribution in [0.25, 0.3) is 0 Å². The first-order valence-electron chi connectivity index (χ1n) is 7.83. The molecule has 116 valence electrons. The van der Waals surface area contributed by atoms with E-state index in [1.807, 2.05) is 31.2 Å². The second kappa shape index (κ2) is 7.46. The number of hydrogen-bond donors (Lipinski definition) is 1. The number of nitrogens with one attached hydrogen (secondary N) is 1. The second-order valence-corrected chi connectivity index (χ2v) is 5.81. The Balaban J connectivity index is 1.87. The number of piperidine rings is 1.